The van der Waals surface area contributed by atoms with E-state index in [2.05, 4.69) is 30.3 Å². The summed E-state index contributed by atoms with van der Waals surface area (Å²) in [4.78, 5) is 22.1. The molecule has 0 spiro atoms. The van der Waals surface area contributed by atoms with Gasteiger partial charge in [-0.1, -0.05) is 6.07 Å². The number of nitrogens with one attached hydrogen (secondary N) is 4. The van der Waals surface area contributed by atoms with Gasteiger partial charge in [-0.2, -0.15) is 26.3 Å². The van der Waals surface area contributed by atoms with Crippen LogP contribution in [-0.2, 0) is 17.1 Å². The van der Waals surface area contributed by atoms with Gasteiger partial charge in [-0.05, 0) is 25.5 Å². The summed E-state index contributed by atoms with van der Waals surface area (Å²) in [6, 6.07) is 1.60. The Morgan fingerprint density at radius 2 is 1.89 bits per heavy atom. The first kappa shape index (κ1) is 24.6. The van der Waals surface area contributed by atoms with Crippen LogP contribution in [0, 0.1) is 0 Å². The van der Waals surface area contributed by atoms with Gasteiger partial charge in [0.2, 0.25) is 5.95 Å². The number of carbonyl (C=O) groups is 1. The molecule has 0 aliphatic carbocycles. The second kappa shape index (κ2) is 9.24. The summed E-state index contributed by atoms with van der Waals surface area (Å²) in [5.41, 5.74) is -3.90. The van der Waals surface area contributed by atoms with Gasteiger partial charge in [0, 0.05) is 35.9 Å². The molecule has 1 aromatic carbocycles. The number of alkyl halides is 6. The van der Waals surface area contributed by atoms with Crippen LogP contribution in [0.2, 0.25) is 0 Å². The molecular formula is C21H20F6N6O2. The van der Waals surface area contributed by atoms with Gasteiger partial charge < -0.3 is 20.4 Å². The minimum absolute atomic E-state index is 0.0149. The summed E-state index contributed by atoms with van der Waals surface area (Å²) < 4.78 is 86.5. The monoisotopic (exact) mass is 502 g/mol. The van der Waals surface area contributed by atoms with Crippen molar-refractivity contribution in [3.63, 3.8) is 0 Å². The highest BCUT2D eigenvalue weighted by atomic mass is 19.4. The highest BCUT2D eigenvalue weighted by Gasteiger charge is 2.38. The minimum Gasteiger partial charge on any atom is -0.453 e. The van der Waals surface area contributed by atoms with E-state index in [-0.39, 0.29) is 28.5 Å². The summed E-state index contributed by atoms with van der Waals surface area (Å²) in [6.45, 7) is 1.41. The fraction of sp³-hybridized carbons (Fsp3) is 0.381. The third-order valence-electron chi connectivity index (χ3n) is 5.55. The van der Waals surface area contributed by atoms with Gasteiger partial charge in [0.25, 0.3) is 0 Å². The Morgan fingerprint density at radius 3 is 2.51 bits per heavy atom. The molecule has 4 N–H and O–H groups in total. The Morgan fingerprint density at radius 1 is 1.14 bits per heavy atom. The highest BCUT2D eigenvalue weighted by Crippen LogP contribution is 2.43. The summed E-state index contributed by atoms with van der Waals surface area (Å²) in [6.07, 6.45) is -7.48. The van der Waals surface area contributed by atoms with Crippen LogP contribution in [0.4, 0.5) is 42.8 Å². The SMILES string of the molecule is COC(=O)Nc1c(C(F)(F)F)ccc2c(-c3nc(N[C@H]4CCCNC4)ncc3C(F)(F)F)c[nH]c12. The summed E-state index contributed by atoms with van der Waals surface area (Å²) in [7, 11) is 0.968. The molecule has 188 valence electrons. The predicted octanol–water partition coefficient (Wildman–Crippen LogP) is 5.00. The van der Waals surface area contributed by atoms with Crippen LogP contribution in [0.15, 0.2) is 24.5 Å². The molecule has 1 atom stereocenters. The number of aromatic amines is 1. The molecule has 1 amide bonds. The molecule has 1 saturated heterocycles. The molecule has 1 aliphatic rings. The third-order valence-corrected chi connectivity index (χ3v) is 5.55. The van der Waals surface area contributed by atoms with Crippen LogP contribution >= 0.6 is 0 Å². The number of carbonyl (C=O) groups excluding carboxylic acids is 1. The summed E-state index contributed by atoms with van der Waals surface area (Å²) in [5.74, 6) is -0.0455. The van der Waals surface area contributed by atoms with Gasteiger partial charge in [-0.25, -0.2) is 14.8 Å². The maximum atomic E-state index is 13.8. The predicted molar refractivity (Wildman–Crippen MR) is 115 cm³/mol. The van der Waals surface area contributed by atoms with Crippen LogP contribution in [0.25, 0.3) is 22.2 Å². The number of methoxy groups -OCH3 is 1. The van der Waals surface area contributed by atoms with Gasteiger partial charge in [0.15, 0.2) is 0 Å². The lowest BCUT2D eigenvalue weighted by Crippen LogP contribution is -2.38. The lowest BCUT2D eigenvalue weighted by atomic mass is 10.0. The van der Waals surface area contributed by atoms with Crippen molar-refractivity contribution in [1.29, 1.82) is 0 Å². The van der Waals surface area contributed by atoms with Crippen molar-refractivity contribution in [2.75, 3.05) is 30.8 Å². The second-order valence-electron chi connectivity index (χ2n) is 7.87. The lowest BCUT2D eigenvalue weighted by Gasteiger charge is -2.24. The van der Waals surface area contributed by atoms with Crippen molar-refractivity contribution in [2.24, 2.45) is 0 Å². The van der Waals surface area contributed by atoms with E-state index in [9.17, 15) is 31.1 Å². The first-order chi connectivity index (χ1) is 16.5. The number of amides is 1. The number of benzene rings is 1. The van der Waals surface area contributed by atoms with Crippen molar-refractivity contribution in [3.8, 4) is 11.3 Å². The van der Waals surface area contributed by atoms with Crippen LogP contribution in [0.1, 0.15) is 24.0 Å². The molecule has 0 saturated carbocycles. The third kappa shape index (κ3) is 5.11. The standard InChI is InChI=1S/C21H20F6N6O2/c1-35-19(34)33-17-13(20(22,23)24)5-4-11-12(8-29-16(11)17)15-14(21(25,26)27)9-30-18(32-15)31-10-3-2-6-28-7-10/h4-5,8-10,28-29H,2-3,6-7H2,1H3,(H,33,34)(H,30,31,32)/t10-/m0/s1. The average molecular weight is 502 g/mol. The molecule has 1 aliphatic heterocycles. The number of piperidine rings is 1. The Kier molecular flexibility index (Phi) is 6.49. The highest BCUT2D eigenvalue weighted by molar-refractivity contribution is 6.06. The smallest absolute Gasteiger partial charge is 0.419 e. The number of hydrogen-bond acceptors (Lipinski definition) is 6. The molecule has 35 heavy (non-hydrogen) atoms. The van der Waals surface area contributed by atoms with Gasteiger partial charge in [-0.15, -0.1) is 0 Å². The van der Waals surface area contributed by atoms with Gasteiger partial charge in [-0.3, -0.25) is 5.32 Å². The number of fused-ring (bicyclic) bond motifs is 1. The van der Waals surface area contributed by atoms with Gasteiger partial charge in [0.1, 0.15) is 5.56 Å². The molecular weight excluding hydrogens is 482 g/mol. The van der Waals surface area contributed by atoms with Crippen LogP contribution < -0.4 is 16.0 Å². The molecule has 2 aromatic heterocycles. The van der Waals surface area contributed by atoms with Crippen LogP contribution in [0.5, 0.6) is 0 Å². The molecule has 3 aromatic rings. The molecule has 0 bridgehead atoms. The van der Waals surface area contributed by atoms with Crippen LogP contribution in [0.3, 0.4) is 0 Å². The van der Waals surface area contributed by atoms with Crippen LogP contribution in [-0.4, -0.2) is 47.3 Å². The number of halogens is 6. The van der Waals surface area contributed by atoms with E-state index in [1.54, 1.807) is 0 Å². The van der Waals surface area contributed by atoms with Crippen molar-refractivity contribution >= 4 is 28.6 Å². The summed E-state index contributed by atoms with van der Waals surface area (Å²) in [5, 5.41) is 8.14. The van der Waals surface area contributed by atoms with E-state index in [0.717, 1.165) is 38.8 Å². The van der Waals surface area contributed by atoms with Crippen molar-refractivity contribution in [1.82, 2.24) is 20.3 Å². The molecule has 0 unspecified atom stereocenters. The zero-order valence-electron chi connectivity index (χ0n) is 18.2. The van der Waals surface area contributed by atoms with E-state index in [1.807, 2.05) is 5.32 Å². The number of anilines is 2. The zero-order chi connectivity index (χ0) is 25.4. The van der Waals surface area contributed by atoms with E-state index in [4.69, 9.17) is 0 Å². The minimum atomic E-state index is -4.85. The number of ether oxygens (including phenoxy) is 1. The number of hydrogen-bond donors (Lipinski definition) is 4. The molecule has 8 nitrogen and oxygen atoms in total. The first-order valence-corrected chi connectivity index (χ1v) is 10.5. The van der Waals surface area contributed by atoms with Crippen molar-refractivity contribution < 1.29 is 35.9 Å². The van der Waals surface area contributed by atoms with Crippen molar-refractivity contribution in [3.05, 3.63) is 35.7 Å². The maximum Gasteiger partial charge on any atom is 0.419 e. The quantitative estimate of drug-likeness (QED) is 0.374. The van der Waals surface area contributed by atoms with Gasteiger partial charge in [0.05, 0.1) is 29.6 Å². The Labute approximate surface area is 194 Å². The normalized spacial score (nSPS) is 16.8. The molecule has 1 fully saturated rings. The zero-order valence-corrected chi connectivity index (χ0v) is 18.2. The molecule has 0 radical (unpaired) electrons. The average Bonchev–Trinajstić information content (AvgIpc) is 3.23. The fourth-order valence-electron chi connectivity index (χ4n) is 3.94. The second-order valence-corrected chi connectivity index (χ2v) is 7.87. The van der Waals surface area contributed by atoms with E-state index >= 15 is 0 Å². The van der Waals surface area contributed by atoms with Crippen molar-refractivity contribution in [2.45, 2.75) is 31.2 Å². The largest absolute Gasteiger partial charge is 0.453 e. The topological polar surface area (TPSA) is 104 Å². The Bertz CT molecular complexity index is 1230. The Balaban J connectivity index is 1.86. The molecule has 4 rings (SSSR count). The van der Waals surface area contributed by atoms with E-state index in [1.165, 1.54) is 0 Å². The number of aromatic nitrogens is 3. The summed E-state index contributed by atoms with van der Waals surface area (Å²) >= 11 is 0. The molecule has 3 heterocycles. The number of H-pyrrole nitrogens is 1. The number of rotatable bonds is 4. The Hall–Kier alpha value is -3.55. The number of nitrogens with zero attached hydrogens (tertiary/aromatic N) is 2. The molecule has 14 heteroatoms. The fourth-order valence-corrected chi connectivity index (χ4v) is 3.94. The van der Waals surface area contributed by atoms with E-state index < -0.39 is 41.0 Å². The maximum absolute atomic E-state index is 13.8. The van der Waals surface area contributed by atoms with Gasteiger partial charge >= 0.3 is 18.4 Å². The van der Waals surface area contributed by atoms with E-state index in [0.29, 0.717) is 18.8 Å². The lowest BCUT2D eigenvalue weighted by molar-refractivity contribution is -0.138. The first-order valence-electron chi connectivity index (χ1n) is 10.5.